The highest BCUT2D eigenvalue weighted by atomic mass is 127. The number of aromatic nitrogens is 1. The number of nitrogens with one attached hydrogen (secondary N) is 1. The predicted octanol–water partition coefficient (Wildman–Crippen LogP) is 1.35. The van der Waals surface area contributed by atoms with Crippen LogP contribution >= 0.6 is 35.6 Å². The molecule has 1 heterocycles. The molecule has 0 aliphatic heterocycles. The Bertz CT molecular complexity index is 586. The van der Waals surface area contributed by atoms with E-state index < -0.39 is 9.84 Å². The number of hydrogen-bond acceptors (Lipinski definition) is 3. The van der Waals surface area contributed by atoms with E-state index in [2.05, 4.69) is 10.3 Å². The highest BCUT2D eigenvalue weighted by molar-refractivity contribution is 14.0. The molecule has 6 nitrogen and oxygen atoms in total. The Morgan fingerprint density at radius 1 is 1.52 bits per heavy atom. The molecule has 0 aliphatic rings. The van der Waals surface area contributed by atoms with Gasteiger partial charge in [-0.05, 0) is 6.07 Å². The summed E-state index contributed by atoms with van der Waals surface area (Å²) in [5.74, 6) is 0.724. The first-order valence-corrected chi connectivity index (χ1v) is 8.57. The van der Waals surface area contributed by atoms with Gasteiger partial charge in [0.2, 0.25) is 0 Å². The van der Waals surface area contributed by atoms with Crippen LogP contribution in [0, 0.1) is 0 Å². The molecule has 1 aromatic heterocycles. The molecular formula is C12H22ClIN4O2S. The fraction of sp³-hybridized carbons (Fsp3) is 0.583. The molecule has 0 aromatic carbocycles. The molecule has 21 heavy (non-hydrogen) atoms. The van der Waals surface area contributed by atoms with Crippen LogP contribution in [0.2, 0.25) is 5.02 Å². The van der Waals surface area contributed by atoms with Crippen LogP contribution in [0.15, 0.2) is 17.3 Å². The largest absolute Gasteiger partial charge is 0.355 e. The first kappa shape index (κ1) is 20.5. The number of hydrogen-bond donors (Lipinski definition) is 1. The van der Waals surface area contributed by atoms with Gasteiger partial charge in [-0.15, -0.1) is 24.0 Å². The third-order valence-electron chi connectivity index (χ3n) is 2.80. The lowest BCUT2D eigenvalue weighted by molar-refractivity contribution is 0.463. The lowest BCUT2D eigenvalue weighted by Crippen LogP contribution is -2.40. The van der Waals surface area contributed by atoms with E-state index in [9.17, 15) is 8.42 Å². The van der Waals surface area contributed by atoms with Gasteiger partial charge in [-0.2, -0.15) is 0 Å². The third-order valence-corrected chi connectivity index (χ3v) is 3.96. The SMILES string of the molecule is CN=C(NCCS(C)(=O)=O)N(C)Cc1cc(Cl)cn1C.I. The Kier molecular flexibility index (Phi) is 8.64. The minimum atomic E-state index is -2.97. The van der Waals surface area contributed by atoms with Crippen LogP contribution < -0.4 is 5.32 Å². The molecular weight excluding hydrogens is 427 g/mol. The topological polar surface area (TPSA) is 66.7 Å². The van der Waals surface area contributed by atoms with Gasteiger partial charge in [-0.1, -0.05) is 11.6 Å². The standard InChI is InChI=1S/C12H21ClN4O2S.HI/c1-14-12(15-5-6-20(4,18)19)17(3)9-11-7-10(13)8-16(11)2;/h7-8H,5-6,9H2,1-4H3,(H,14,15);1H. The monoisotopic (exact) mass is 448 g/mol. The first-order valence-electron chi connectivity index (χ1n) is 6.13. The van der Waals surface area contributed by atoms with Crippen molar-refractivity contribution in [2.24, 2.45) is 12.0 Å². The smallest absolute Gasteiger partial charge is 0.193 e. The number of guanidine groups is 1. The summed E-state index contributed by atoms with van der Waals surface area (Å²) in [6.45, 7) is 0.964. The second kappa shape index (κ2) is 8.84. The number of sulfone groups is 1. The van der Waals surface area contributed by atoms with Crippen molar-refractivity contribution in [1.29, 1.82) is 0 Å². The van der Waals surface area contributed by atoms with Gasteiger partial charge in [-0.25, -0.2) is 8.42 Å². The first-order chi connectivity index (χ1) is 9.23. The summed E-state index contributed by atoms with van der Waals surface area (Å²) < 4.78 is 24.1. The summed E-state index contributed by atoms with van der Waals surface area (Å²) >= 11 is 5.94. The Labute approximate surface area is 148 Å². The van der Waals surface area contributed by atoms with Crippen molar-refractivity contribution in [3.05, 3.63) is 23.0 Å². The molecule has 1 aromatic rings. The van der Waals surface area contributed by atoms with Crippen LogP contribution in [-0.2, 0) is 23.4 Å². The highest BCUT2D eigenvalue weighted by Crippen LogP contribution is 2.14. The van der Waals surface area contributed by atoms with E-state index in [0.29, 0.717) is 24.1 Å². The molecule has 1 rings (SSSR count). The van der Waals surface area contributed by atoms with Gasteiger partial charge in [0.05, 0.1) is 17.3 Å². The molecule has 0 spiro atoms. The van der Waals surface area contributed by atoms with Crippen molar-refractivity contribution in [3.63, 3.8) is 0 Å². The van der Waals surface area contributed by atoms with Crippen LogP contribution in [0.4, 0.5) is 0 Å². The van der Waals surface area contributed by atoms with Crippen molar-refractivity contribution >= 4 is 51.4 Å². The molecule has 0 saturated carbocycles. The number of halogens is 2. The van der Waals surface area contributed by atoms with E-state index in [-0.39, 0.29) is 29.7 Å². The maximum atomic E-state index is 11.1. The molecule has 1 N–H and O–H groups in total. The summed E-state index contributed by atoms with van der Waals surface area (Å²) in [6, 6.07) is 1.89. The summed E-state index contributed by atoms with van der Waals surface area (Å²) in [4.78, 5) is 6.05. The van der Waals surface area contributed by atoms with Crippen LogP contribution in [0.1, 0.15) is 5.69 Å². The molecule has 0 unspecified atom stereocenters. The minimum Gasteiger partial charge on any atom is -0.355 e. The van der Waals surface area contributed by atoms with E-state index in [1.165, 1.54) is 6.26 Å². The van der Waals surface area contributed by atoms with E-state index in [1.54, 1.807) is 7.05 Å². The normalized spacial score (nSPS) is 12.0. The zero-order valence-corrected chi connectivity index (χ0v) is 16.5. The zero-order chi connectivity index (χ0) is 15.3. The van der Waals surface area contributed by atoms with Crippen LogP contribution in [-0.4, -0.2) is 56.5 Å². The van der Waals surface area contributed by atoms with E-state index in [0.717, 1.165) is 5.69 Å². The molecule has 9 heteroatoms. The second-order valence-electron chi connectivity index (χ2n) is 4.72. The van der Waals surface area contributed by atoms with Crippen molar-refractivity contribution in [3.8, 4) is 0 Å². The Morgan fingerprint density at radius 2 is 2.14 bits per heavy atom. The number of aliphatic imine (C=N–C) groups is 1. The van der Waals surface area contributed by atoms with Crippen molar-refractivity contribution in [2.45, 2.75) is 6.54 Å². The Balaban J connectivity index is 0.00000400. The van der Waals surface area contributed by atoms with Gasteiger partial charge >= 0.3 is 0 Å². The average Bonchev–Trinajstić information content (AvgIpc) is 2.62. The molecule has 0 fully saturated rings. The fourth-order valence-corrected chi connectivity index (χ4v) is 2.52. The Hall–Kier alpha value is -0.480. The highest BCUT2D eigenvalue weighted by Gasteiger charge is 2.10. The van der Waals surface area contributed by atoms with E-state index in [4.69, 9.17) is 11.6 Å². The Morgan fingerprint density at radius 3 is 2.57 bits per heavy atom. The summed E-state index contributed by atoms with van der Waals surface area (Å²) in [5.41, 5.74) is 1.04. The molecule has 0 radical (unpaired) electrons. The molecule has 122 valence electrons. The zero-order valence-electron chi connectivity index (χ0n) is 12.6. The van der Waals surface area contributed by atoms with Gasteiger partial charge in [0.15, 0.2) is 5.96 Å². The van der Waals surface area contributed by atoms with Crippen LogP contribution in [0.25, 0.3) is 0 Å². The second-order valence-corrected chi connectivity index (χ2v) is 7.42. The molecule has 0 saturated heterocycles. The quantitative estimate of drug-likeness (QED) is 0.419. The van der Waals surface area contributed by atoms with Crippen molar-refractivity contribution in [2.75, 3.05) is 32.6 Å². The van der Waals surface area contributed by atoms with E-state index >= 15 is 0 Å². The van der Waals surface area contributed by atoms with E-state index in [1.807, 2.05) is 35.8 Å². The maximum absolute atomic E-state index is 11.1. The lowest BCUT2D eigenvalue weighted by Gasteiger charge is -2.22. The fourth-order valence-electron chi connectivity index (χ4n) is 1.77. The summed E-state index contributed by atoms with van der Waals surface area (Å²) in [7, 11) is 2.50. The van der Waals surface area contributed by atoms with Gasteiger partial charge in [0.1, 0.15) is 9.84 Å². The summed E-state index contributed by atoms with van der Waals surface area (Å²) in [6.07, 6.45) is 3.05. The molecule has 0 amide bonds. The number of aryl methyl sites for hydroxylation is 1. The van der Waals surface area contributed by atoms with Gasteiger partial charge in [0.25, 0.3) is 0 Å². The van der Waals surface area contributed by atoms with Crippen LogP contribution in [0.5, 0.6) is 0 Å². The molecule has 0 bridgehead atoms. The van der Waals surface area contributed by atoms with Gasteiger partial charge < -0.3 is 14.8 Å². The maximum Gasteiger partial charge on any atom is 0.193 e. The third kappa shape index (κ3) is 7.37. The number of nitrogens with zero attached hydrogens (tertiary/aromatic N) is 3. The summed E-state index contributed by atoms with van der Waals surface area (Å²) in [5, 5.41) is 3.72. The van der Waals surface area contributed by atoms with Crippen LogP contribution in [0.3, 0.4) is 0 Å². The molecule has 0 atom stereocenters. The lowest BCUT2D eigenvalue weighted by atomic mass is 10.4. The molecule has 0 aliphatic carbocycles. The predicted molar refractivity (Wildman–Crippen MR) is 98.4 cm³/mol. The van der Waals surface area contributed by atoms with Gasteiger partial charge in [0, 0.05) is 45.8 Å². The van der Waals surface area contributed by atoms with Crippen molar-refractivity contribution < 1.29 is 8.42 Å². The van der Waals surface area contributed by atoms with Gasteiger partial charge in [-0.3, -0.25) is 4.99 Å². The van der Waals surface area contributed by atoms with Crippen molar-refractivity contribution in [1.82, 2.24) is 14.8 Å². The minimum absolute atomic E-state index is 0. The average molecular weight is 449 g/mol. The number of rotatable bonds is 5.